The molecule has 4 heterocycles. The standard InChI is InChI=1S/2C27H32N4O5S.C14H19N3O4S.2C13H15N3O2S.C4H7BrO.BrH/c2*1-5-20-17-37-25(28-20)23(16-19-11-13-21(14-12-19)31(34)35)29-24(32)22(15-18-9-7-6-8-10-18)30-26(33)36-27(2,3)4;1-14(2,3)21-13(18)16-11(12(15)22)8-9-4-6-10(7-5-9)17(19)20;2*1-2-10-8-19-13(15-10)12(14)7-9-3-5-11(6-4-9)16(17)18;1-2-4(6)3-5;/h2*6-14,17,22-23H,5,15-16H2,1-4H3,(H,29,32)(H,30,33);4-7,11H,8H2,1-3H3,(H2,15,22)(H,16,18);2*3-6,8,12H,2,7,14H2,1H3;2-3H2,1H3;1H/t2*22-,23-;11-;2*12-;;/m00000../s1. The van der Waals surface area contributed by atoms with Crippen LogP contribution in [0, 0.1) is 50.6 Å². The molecule has 11 N–H and O–H groups in total. The Morgan fingerprint density at radius 2 is 0.589 bits per heavy atom. The Morgan fingerprint density at radius 1 is 0.362 bits per heavy atom. The van der Waals surface area contributed by atoms with Crippen molar-refractivity contribution in [2.75, 3.05) is 5.33 Å². The lowest BCUT2D eigenvalue weighted by Crippen LogP contribution is -2.50. The molecule has 0 radical (unpaired) electrons. The molecule has 0 fully saturated rings. The summed E-state index contributed by atoms with van der Waals surface area (Å²) in [7, 11) is 0. The number of alkyl halides is 1. The summed E-state index contributed by atoms with van der Waals surface area (Å²) in [5, 5.41) is 79.6. The van der Waals surface area contributed by atoms with Crippen LogP contribution in [0.5, 0.6) is 0 Å². The largest absolute Gasteiger partial charge is 0.444 e. The van der Waals surface area contributed by atoms with Gasteiger partial charge in [-0.1, -0.05) is 184 Å². The molecule has 141 heavy (non-hydrogen) atoms. The molecule has 0 bridgehead atoms. The van der Waals surface area contributed by atoms with E-state index in [1.165, 1.54) is 83.3 Å². The molecule has 36 nitrogen and oxygen atoms in total. The van der Waals surface area contributed by atoms with Gasteiger partial charge in [-0.3, -0.25) is 65.0 Å². The van der Waals surface area contributed by atoms with Gasteiger partial charge in [-0.25, -0.2) is 34.3 Å². The van der Waals surface area contributed by atoms with E-state index in [4.69, 9.17) is 43.6 Å². The third-order valence-corrected chi connectivity index (χ3v) is 24.7. The van der Waals surface area contributed by atoms with E-state index in [1.54, 1.807) is 146 Å². The molecule has 0 aliphatic carbocycles. The number of hydrogen-bond donors (Lipinski definition) is 8. The van der Waals surface area contributed by atoms with Crippen LogP contribution in [0.25, 0.3) is 0 Å². The van der Waals surface area contributed by atoms with E-state index < -0.39 is 89.9 Å². The maximum atomic E-state index is 13.5. The van der Waals surface area contributed by atoms with E-state index in [0.717, 1.165) is 107 Å². The van der Waals surface area contributed by atoms with E-state index in [1.807, 2.05) is 103 Å². The quantitative estimate of drug-likeness (QED) is 0.00589. The zero-order chi connectivity index (χ0) is 104. The maximum Gasteiger partial charge on any atom is 0.408 e. The van der Waals surface area contributed by atoms with Gasteiger partial charge in [-0.05, 0) is 159 Å². The average Bonchev–Trinajstić information content (AvgIpc) is 1.81. The minimum absolute atomic E-state index is 0. The topological polar surface area (TPSA) is 536 Å². The van der Waals surface area contributed by atoms with Crippen LogP contribution < -0.4 is 43.8 Å². The molecular weight excluding hydrogens is 2040 g/mol. The van der Waals surface area contributed by atoms with Gasteiger partial charge in [-0.2, -0.15) is 0 Å². The van der Waals surface area contributed by atoms with E-state index in [2.05, 4.69) is 76.3 Å². The van der Waals surface area contributed by atoms with Crippen molar-refractivity contribution in [3.63, 3.8) is 0 Å². The molecule has 0 saturated carbocycles. The smallest absolute Gasteiger partial charge is 0.408 e. The van der Waals surface area contributed by atoms with Crippen molar-refractivity contribution in [2.24, 2.45) is 17.2 Å². The number of benzene rings is 7. The highest BCUT2D eigenvalue weighted by molar-refractivity contribution is 9.09. The van der Waals surface area contributed by atoms with Crippen molar-refractivity contribution in [1.29, 1.82) is 0 Å². The van der Waals surface area contributed by atoms with Crippen LogP contribution in [-0.4, -0.2) is 126 Å². The van der Waals surface area contributed by atoms with Gasteiger partial charge in [-0.15, -0.1) is 62.3 Å². The number of halogens is 2. The lowest BCUT2D eigenvalue weighted by atomic mass is 10.0. The lowest BCUT2D eigenvalue weighted by molar-refractivity contribution is -0.385. The van der Waals surface area contributed by atoms with Crippen LogP contribution in [-0.2, 0) is 99.2 Å². The predicted molar refractivity (Wildman–Crippen MR) is 562 cm³/mol. The van der Waals surface area contributed by atoms with Crippen molar-refractivity contribution >= 4 is 160 Å². The highest BCUT2D eigenvalue weighted by Crippen LogP contribution is 2.30. The van der Waals surface area contributed by atoms with Gasteiger partial charge in [0, 0.05) is 101 Å². The van der Waals surface area contributed by atoms with Crippen LogP contribution in [0.15, 0.2) is 204 Å². The third-order valence-electron chi connectivity index (χ3n) is 19.7. The number of ether oxygens (including phenoxy) is 3. The molecule has 7 atom stereocenters. The Balaban J connectivity index is 0.000000314. The van der Waals surface area contributed by atoms with Crippen molar-refractivity contribution in [1.82, 2.24) is 46.5 Å². The SMILES string of the molecule is Br.CC(C)(C)OC(=O)N[C@@H](Cc1ccc([N+](=O)[O-])cc1)C(N)=S.CCC(=O)CBr.CCc1csc([C@@H](N)Cc2ccc([N+](=O)[O-])cc2)n1.CCc1csc([C@@H](N)Cc2ccc([N+](=O)[O-])cc2)n1.CCc1csc([C@H](Cc2ccc([N+](=O)[O-])cc2)NC(=O)[C@H](Cc2ccccc2)NC(=O)OC(C)(C)C)n1.CCc1csc([C@H](Cc2ccc([N+](=O)[O-])cc2)NC(=O)[C@H](Cc2ccccc2)NC(=O)OC(C)(C)C)n1. The predicted octanol–water partition coefficient (Wildman–Crippen LogP) is 20.3. The zero-order valence-electron chi connectivity index (χ0n) is 80.7. The number of aromatic nitrogens is 4. The zero-order valence-corrected chi connectivity index (χ0v) is 88.1. The van der Waals surface area contributed by atoms with E-state index in [-0.39, 0.29) is 92.9 Å². The van der Waals surface area contributed by atoms with Gasteiger partial charge in [0.25, 0.3) is 28.4 Å². The van der Waals surface area contributed by atoms with Crippen molar-refractivity contribution in [3.05, 3.63) is 336 Å². The van der Waals surface area contributed by atoms with Gasteiger partial charge in [0.15, 0.2) is 0 Å². The van der Waals surface area contributed by atoms with E-state index >= 15 is 0 Å². The first-order valence-corrected chi connectivity index (χ1v) is 49.7. The number of nitrogens with one attached hydrogen (secondary N) is 5. The van der Waals surface area contributed by atoms with E-state index in [0.29, 0.717) is 43.9 Å². The molecule has 0 aliphatic rings. The second-order valence-electron chi connectivity index (χ2n) is 34.5. The summed E-state index contributed by atoms with van der Waals surface area (Å²) in [6, 6.07) is 46.5. The number of nitrogens with zero attached hydrogens (tertiary/aromatic N) is 9. The lowest BCUT2D eigenvalue weighted by Gasteiger charge is -2.25. The maximum absolute atomic E-state index is 13.5. The van der Waals surface area contributed by atoms with Crippen LogP contribution >= 0.6 is 90.5 Å². The fourth-order valence-corrected chi connectivity index (χ4v) is 16.7. The number of hydrogen-bond acceptors (Lipinski definition) is 30. The summed E-state index contributed by atoms with van der Waals surface area (Å²) >= 11 is 14.0. The number of non-ortho nitro benzene ring substituents is 5. The van der Waals surface area contributed by atoms with Gasteiger partial charge >= 0.3 is 18.3 Å². The van der Waals surface area contributed by atoms with Crippen molar-refractivity contribution in [2.45, 2.75) is 233 Å². The molecule has 0 unspecified atom stereocenters. The Kier molecular flexibility index (Phi) is 49.8. The number of aryl methyl sites for hydroxylation is 4. The highest BCUT2D eigenvalue weighted by atomic mass is 79.9. The number of ketones is 1. The molecule has 756 valence electrons. The third kappa shape index (κ3) is 44.3. The van der Waals surface area contributed by atoms with Crippen LogP contribution in [0.3, 0.4) is 0 Å². The summed E-state index contributed by atoms with van der Waals surface area (Å²) in [5.41, 5.74) is 26.0. The summed E-state index contributed by atoms with van der Waals surface area (Å²) in [5.74, 6) is -0.500. The number of nitrogens with two attached hydrogens (primary N) is 3. The van der Waals surface area contributed by atoms with Gasteiger partial charge < -0.3 is 58.0 Å². The number of carbonyl (C=O) groups excluding carboxylic acids is 6. The first-order chi connectivity index (χ1) is 66.2. The first kappa shape index (κ1) is 119. The molecule has 11 aromatic rings. The molecule has 11 rings (SSSR count). The molecule has 7 aromatic carbocycles. The number of Topliss-reactive ketones (excluding diaryl/α,β-unsaturated/α-hetero) is 1. The van der Waals surface area contributed by atoms with Gasteiger partial charge in [0.2, 0.25) is 11.8 Å². The van der Waals surface area contributed by atoms with E-state index in [9.17, 15) is 79.3 Å². The van der Waals surface area contributed by atoms with Crippen LogP contribution in [0.4, 0.5) is 42.8 Å². The Bertz CT molecular complexity index is 5550. The monoisotopic (exact) mass is 2160 g/mol. The minimum atomic E-state index is -0.887. The Labute approximate surface area is 859 Å². The fourth-order valence-electron chi connectivity index (χ4n) is 12.5. The molecular formula is C98H121Br2N17O19S5. The molecule has 43 heteroatoms. The normalized spacial score (nSPS) is 12.3. The molecule has 0 aliphatic heterocycles. The summed E-state index contributed by atoms with van der Waals surface area (Å²) in [6.45, 7) is 25.8. The number of rotatable bonds is 37. The van der Waals surface area contributed by atoms with Gasteiger partial charge in [0.05, 0.1) is 87.9 Å². The Hall–Kier alpha value is -12.8. The molecule has 4 aromatic heterocycles. The van der Waals surface area contributed by atoms with Crippen molar-refractivity contribution < 1.29 is 67.6 Å². The fraction of sp³-hybridized carbons (Fsp3) is 0.378. The van der Waals surface area contributed by atoms with Gasteiger partial charge in [0.1, 0.15) is 54.7 Å². The number of thiazole rings is 4. The summed E-state index contributed by atoms with van der Waals surface area (Å²) in [4.78, 5) is 144. The number of thiocarbonyl (C=S) groups is 1. The van der Waals surface area contributed by atoms with Crippen LogP contribution in [0.2, 0.25) is 0 Å². The molecule has 0 saturated heterocycles. The minimum Gasteiger partial charge on any atom is -0.444 e. The molecule has 0 spiro atoms. The average molecular weight is 2160 g/mol. The summed E-state index contributed by atoms with van der Waals surface area (Å²) in [6.07, 6.45) is 4.88. The number of carbonyl (C=O) groups is 6. The Morgan fingerprint density at radius 3 is 0.809 bits per heavy atom. The van der Waals surface area contributed by atoms with Crippen molar-refractivity contribution in [3.8, 4) is 0 Å². The summed E-state index contributed by atoms with van der Waals surface area (Å²) < 4.78 is 15.9. The first-order valence-electron chi connectivity index (χ1n) is 44.7. The number of amides is 5. The number of nitro groups is 5. The highest BCUT2D eigenvalue weighted by Gasteiger charge is 2.32. The second kappa shape index (κ2) is 59.1. The molecule has 5 amide bonds. The van der Waals surface area contributed by atoms with Crippen LogP contribution in [0.1, 0.15) is 209 Å². The number of alkyl carbamates (subject to hydrolysis) is 3. The number of nitro benzene ring substituents is 5. The second-order valence-corrected chi connectivity index (χ2v) is 39.1.